The third-order valence-electron chi connectivity index (χ3n) is 3.82. The first-order chi connectivity index (χ1) is 7.74. The number of hydrogen-bond donors (Lipinski definition) is 1. The van der Waals surface area contributed by atoms with E-state index < -0.39 is 10.8 Å². The monoisotopic (exact) mass is 245 g/mol. The van der Waals surface area contributed by atoms with Gasteiger partial charge in [0.1, 0.15) is 0 Å². The van der Waals surface area contributed by atoms with Crippen LogP contribution in [0.3, 0.4) is 0 Å². The molecule has 3 nitrogen and oxygen atoms in total. The van der Waals surface area contributed by atoms with Crippen molar-refractivity contribution in [1.29, 1.82) is 0 Å². The number of rotatable bonds is 4. The van der Waals surface area contributed by atoms with Gasteiger partial charge in [0.05, 0.1) is 11.7 Å². The molecule has 1 saturated heterocycles. The second-order valence-corrected chi connectivity index (χ2v) is 6.74. The summed E-state index contributed by atoms with van der Waals surface area (Å²) < 4.78 is 17.8. The zero-order valence-electron chi connectivity index (χ0n) is 9.95. The van der Waals surface area contributed by atoms with Crippen molar-refractivity contribution in [3.63, 3.8) is 0 Å². The molecule has 2 rings (SSSR count). The third kappa shape index (κ3) is 3.05. The molecule has 2 N–H and O–H groups in total. The Bertz CT molecular complexity index is 251. The molecule has 1 aliphatic carbocycles. The molecule has 1 aliphatic heterocycles. The molecule has 1 heterocycles. The van der Waals surface area contributed by atoms with Crippen LogP contribution in [0, 0.1) is 0 Å². The van der Waals surface area contributed by atoms with Crippen molar-refractivity contribution in [3.8, 4) is 0 Å². The molecule has 0 radical (unpaired) electrons. The van der Waals surface area contributed by atoms with Crippen LogP contribution in [0.1, 0.15) is 44.9 Å². The molecule has 0 aromatic rings. The highest BCUT2D eigenvalue weighted by atomic mass is 32.2. The van der Waals surface area contributed by atoms with E-state index in [9.17, 15) is 4.21 Å². The van der Waals surface area contributed by atoms with E-state index in [1.165, 1.54) is 38.5 Å². The second kappa shape index (κ2) is 5.61. The lowest BCUT2D eigenvalue weighted by atomic mass is 9.83. The largest absolute Gasteiger partial charge is 0.371 e. The van der Waals surface area contributed by atoms with Crippen LogP contribution in [0.2, 0.25) is 0 Å². The second-order valence-electron chi connectivity index (χ2n) is 5.12. The maximum absolute atomic E-state index is 11.6. The van der Waals surface area contributed by atoms with E-state index in [-0.39, 0.29) is 11.7 Å². The van der Waals surface area contributed by atoms with Crippen LogP contribution in [-0.2, 0) is 15.5 Å². The Hall–Kier alpha value is 0.0700. The molecule has 2 unspecified atom stereocenters. The standard InChI is InChI=1S/C12H23NO2S/c13-8-9-16(14)10-11-4-7-12(15-11)5-2-1-3-6-12/h11H,1-10,13H2. The Kier molecular flexibility index (Phi) is 4.39. The minimum atomic E-state index is -0.781. The summed E-state index contributed by atoms with van der Waals surface area (Å²) in [4.78, 5) is 0. The summed E-state index contributed by atoms with van der Waals surface area (Å²) >= 11 is 0. The maximum atomic E-state index is 11.6. The van der Waals surface area contributed by atoms with Gasteiger partial charge in [-0.3, -0.25) is 4.21 Å². The van der Waals surface area contributed by atoms with Gasteiger partial charge in [-0.05, 0) is 25.7 Å². The fourth-order valence-electron chi connectivity index (χ4n) is 3.00. The van der Waals surface area contributed by atoms with E-state index in [0.29, 0.717) is 18.1 Å². The molecular weight excluding hydrogens is 222 g/mol. The SMILES string of the molecule is NCCS(=O)CC1CCC2(CCCCC2)O1. The highest BCUT2D eigenvalue weighted by molar-refractivity contribution is 7.85. The minimum absolute atomic E-state index is 0.163. The molecular formula is C12H23NO2S. The van der Waals surface area contributed by atoms with E-state index in [0.717, 1.165) is 6.42 Å². The molecule has 0 aromatic heterocycles. The Morgan fingerprint density at radius 2 is 2.00 bits per heavy atom. The fraction of sp³-hybridized carbons (Fsp3) is 1.00. The first kappa shape index (κ1) is 12.5. The van der Waals surface area contributed by atoms with Crippen LogP contribution >= 0.6 is 0 Å². The molecule has 2 aliphatic rings. The Morgan fingerprint density at radius 3 is 2.69 bits per heavy atom. The quantitative estimate of drug-likeness (QED) is 0.818. The summed E-state index contributed by atoms with van der Waals surface area (Å²) in [6.45, 7) is 0.518. The first-order valence-electron chi connectivity index (χ1n) is 6.47. The maximum Gasteiger partial charge on any atom is 0.0698 e. The van der Waals surface area contributed by atoms with Crippen molar-refractivity contribution in [3.05, 3.63) is 0 Å². The molecule has 0 aromatic carbocycles. The van der Waals surface area contributed by atoms with Gasteiger partial charge < -0.3 is 10.5 Å². The van der Waals surface area contributed by atoms with Gasteiger partial charge >= 0.3 is 0 Å². The number of nitrogens with two attached hydrogens (primary N) is 1. The van der Waals surface area contributed by atoms with Gasteiger partial charge in [-0.25, -0.2) is 0 Å². The lowest BCUT2D eigenvalue weighted by Crippen LogP contribution is -2.33. The topological polar surface area (TPSA) is 52.3 Å². The molecule has 2 fully saturated rings. The lowest BCUT2D eigenvalue weighted by molar-refractivity contribution is -0.0557. The van der Waals surface area contributed by atoms with E-state index in [1.54, 1.807) is 0 Å². The summed E-state index contributed by atoms with van der Waals surface area (Å²) in [5.74, 6) is 1.31. The Balaban J connectivity index is 1.80. The molecule has 1 saturated carbocycles. The average Bonchev–Trinajstić information content (AvgIpc) is 2.63. The summed E-state index contributed by atoms with van der Waals surface area (Å²) in [5.41, 5.74) is 5.57. The van der Waals surface area contributed by atoms with Crippen molar-refractivity contribution >= 4 is 10.8 Å². The smallest absolute Gasteiger partial charge is 0.0698 e. The van der Waals surface area contributed by atoms with Gasteiger partial charge in [-0.1, -0.05) is 19.3 Å². The van der Waals surface area contributed by atoms with E-state index in [2.05, 4.69) is 0 Å². The van der Waals surface area contributed by atoms with Gasteiger partial charge in [0.25, 0.3) is 0 Å². The molecule has 16 heavy (non-hydrogen) atoms. The van der Waals surface area contributed by atoms with E-state index in [1.807, 2.05) is 0 Å². The molecule has 2 atom stereocenters. The third-order valence-corrected chi connectivity index (χ3v) is 5.26. The van der Waals surface area contributed by atoms with Crippen LogP contribution in [0.4, 0.5) is 0 Å². The van der Waals surface area contributed by atoms with Crippen molar-refractivity contribution in [2.45, 2.75) is 56.7 Å². The highest BCUT2D eigenvalue weighted by Crippen LogP contribution is 2.41. The van der Waals surface area contributed by atoms with Crippen molar-refractivity contribution in [1.82, 2.24) is 0 Å². The Labute approximate surface area is 101 Å². The van der Waals surface area contributed by atoms with Gasteiger partial charge in [0, 0.05) is 28.9 Å². The molecule has 0 bridgehead atoms. The van der Waals surface area contributed by atoms with Gasteiger partial charge in [-0.2, -0.15) is 0 Å². The predicted molar refractivity (Wildman–Crippen MR) is 66.9 cm³/mol. The number of hydrogen-bond acceptors (Lipinski definition) is 3. The molecule has 94 valence electrons. The highest BCUT2D eigenvalue weighted by Gasteiger charge is 2.40. The van der Waals surface area contributed by atoms with Crippen LogP contribution in [0.15, 0.2) is 0 Å². The molecule has 0 amide bonds. The lowest BCUT2D eigenvalue weighted by Gasteiger charge is -2.33. The van der Waals surface area contributed by atoms with Crippen LogP contribution < -0.4 is 5.73 Å². The fourth-order valence-corrected chi connectivity index (χ4v) is 4.08. The van der Waals surface area contributed by atoms with Gasteiger partial charge in [0.15, 0.2) is 0 Å². The summed E-state index contributed by atoms with van der Waals surface area (Å²) in [6, 6.07) is 0. The van der Waals surface area contributed by atoms with Gasteiger partial charge in [-0.15, -0.1) is 0 Å². The number of ether oxygens (including phenoxy) is 1. The van der Waals surface area contributed by atoms with Crippen molar-refractivity contribution in [2.24, 2.45) is 5.73 Å². The van der Waals surface area contributed by atoms with Crippen LogP contribution in [0.5, 0.6) is 0 Å². The van der Waals surface area contributed by atoms with Crippen LogP contribution in [0.25, 0.3) is 0 Å². The predicted octanol–water partition coefficient (Wildman–Crippen LogP) is 1.58. The van der Waals surface area contributed by atoms with E-state index >= 15 is 0 Å². The van der Waals surface area contributed by atoms with Crippen molar-refractivity contribution < 1.29 is 8.95 Å². The van der Waals surface area contributed by atoms with E-state index in [4.69, 9.17) is 10.5 Å². The van der Waals surface area contributed by atoms with Gasteiger partial charge in [0.2, 0.25) is 0 Å². The minimum Gasteiger partial charge on any atom is -0.371 e. The van der Waals surface area contributed by atoms with Crippen LogP contribution in [-0.4, -0.2) is 34.0 Å². The zero-order valence-corrected chi connectivity index (χ0v) is 10.8. The zero-order chi connectivity index (χ0) is 11.4. The first-order valence-corrected chi connectivity index (χ1v) is 7.96. The normalized spacial score (nSPS) is 30.7. The summed E-state index contributed by atoms with van der Waals surface area (Å²) in [7, 11) is -0.781. The molecule has 1 spiro atoms. The Morgan fingerprint density at radius 1 is 1.25 bits per heavy atom. The summed E-state index contributed by atoms with van der Waals surface area (Å²) in [5, 5.41) is 0. The molecule has 4 heteroatoms. The average molecular weight is 245 g/mol. The van der Waals surface area contributed by atoms with Crippen molar-refractivity contribution in [2.75, 3.05) is 18.1 Å². The summed E-state index contributed by atoms with van der Waals surface area (Å²) in [6.07, 6.45) is 8.89.